The first kappa shape index (κ1) is 20.3. The molecule has 0 bridgehead atoms. The Labute approximate surface area is 221 Å². The highest BCUT2D eigenvalue weighted by Crippen LogP contribution is 2.43. The van der Waals surface area contributed by atoms with Gasteiger partial charge in [0.1, 0.15) is 6.33 Å². The van der Waals surface area contributed by atoms with Gasteiger partial charge in [0.25, 0.3) is 0 Å². The summed E-state index contributed by atoms with van der Waals surface area (Å²) in [4.78, 5) is 8.92. The van der Waals surface area contributed by atoms with Gasteiger partial charge in [-0.2, -0.15) is 0 Å². The van der Waals surface area contributed by atoms with Gasteiger partial charge in [0.2, 0.25) is 0 Å². The molecule has 0 fully saturated rings. The van der Waals surface area contributed by atoms with Crippen LogP contribution in [0.4, 0.5) is 0 Å². The summed E-state index contributed by atoms with van der Waals surface area (Å²) in [7, 11) is 0. The topological polar surface area (TPSA) is 30.7 Å². The van der Waals surface area contributed by atoms with E-state index in [1.807, 2.05) is 6.20 Å². The Morgan fingerprint density at radius 3 is 1.92 bits per heavy atom. The Morgan fingerprint density at radius 2 is 1.16 bits per heavy atom. The van der Waals surface area contributed by atoms with Crippen LogP contribution in [0.15, 0.2) is 116 Å². The Kier molecular flexibility index (Phi) is 3.93. The Hall–Kier alpha value is -4.80. The van der Waals surface area contributed by atoms with Crippen molar-refractivity contribution in [1.82, 2.24) is 14.5 Å². The average Bonchev–Trinajstić information content (AvgIpc) is 3.53. The van der Waals surface area contributed by atoms with Crippen LogP contribution in [0.2, 0.25) is 0 Å². The van der Waals surface area contributed by atoms with Crippen LogP contribution in [0.3, 0.4) is 0 Å². The van der Waals surface area contributed by atoms with Gasteiger partial charge in [-0.25, -0.2) is 9.97 Å². The van der Waals surface area contributed by atoms with Crippen LogP contribution in [-0.4, -0.2) is 14.5 Å². The maximum Gasteiger partial charge on any atom is 0.116 e. The number of benzene rings is 6. The number of thiophene rings is 1. The minimum Gasteiger partial charge on any atom is -0.308 e. The van der Waals surface area contributed by atoms with E-state index in [1.165, 1.54) is 69.9 Å². The van der Waals surface area contributed by atoms with Crippen molar-refractivity contribution in [2.75, 3.05) is 0 Å². The molecule has 0 unspecified atom stereocenters. The number of fused-ring (bicyclic) bond motifs is 13. The molecule has 3 nitrogen and oxygen atoms in total. The molecule has 9 aromatic rings. The third kappa shape index (κ3) is 2.57. The summed E-state index contributed by atoms with van der Waals surface area (Å²) in [6.45, 7) is 0. The third-order valence-corrected chi connectivity index (χ3v) is 9.06. The van der Waals surface area contributed by atoms with E-state index >= 15 is 0 Å². The summed E-state index contributed by atoms with van der Waals surface area (Å²) in [6.07, 6.45) is 3.58. The van der Waals surface area contributed by atoms with E-state index < -0.39 is 0 Å². The highest BCUT2D eigenvalue weighted by molar-refractivity contribution is 7.26. The number of para-hydroxylation sites is 1. The fourth-order valence-electron chi connectivity index (χ4n) is 6.32. The Bertz CT molecular complexity index is 2380. The van der Waals surface area contributed by atoms with Crippen molar-refractivity contribution in [3.8, 4) is 5.69 Å². The molecule has 9 rings (SSSR count). The van der Waals surface area contributed by atoms with Gasteiger partial charge in [0.05, 0.1) is 25.9 Å². The summed E-state index contributed by atoms with van der Waals surface area (Å²) in [5.74, 6) is 0. The number of rotatable bonds is 1. The van der Waals surface area contributed by atoms with Crippen molar-refractivity contribution in [2.45, 2.75) is 0 Å². The zero-order chi connectivity index (χ0) is 24.8. The van der Waals surface area contributed by atoms with Crippen LogP contribution in [0.1, 0.15) is 0 Å². The lowest BCUT2D eigenvalue weighted by Crippen LogP contribution is -1.94. The van der Waals surface area contributed by atoms with Gasteiger partial charge in [-0.1, -0.05) is 84.9 Å². The Balaban J connectivity index is 1.48. The molecule has 0 aliphatic carbocycles. The quantitative estimate of drug-likeness (QED) is 0.210. The lowest BCUT2D eigenvalue weighted by Gasteiger charge is -2.14. The monoisotopic (exact) mass is 501 g/mol. The van der Waals surface area contributed by atoms with Crippen molar-refractivity contribution in [1.29, 1.82) is 0 Å². The maximum atomic E-state index is 4.63. The number of hydrogen-bond donors (Lipinski definition) is 0. The van der Waals surface area contributed by atoms with Gasteiger partial charge in [-0.05, 0) is 50.5 Å². The lowest BCUT2D eigenvalue weighted by atomic mass is 9.94. The minimum atomic E-state index is 1.02. The molecule has 0 atom stereocenters. The lowest BCUT2D eigenvalue weighted by molar-refractivity contribution is 1.19. The molecular formula is C34H19N3S. The first-order valence-corrected chi connectivity index (χ1v) is 13.6. The molecule has 3 aromatic heterocycles. The van der Waals surface area contributed by atoms with Crippen LogP contribution in [0, 0.1) is 0 Å². The third-order valence-electron chi connectivity index (χ3n) is 7.92. The minimum absolute atomic E-state index is 1.02. The van der Waals surface area contributed by atoms with Gasteiger partial charge in [-0.15, -0.1) is 11.3 Å². The molecule has 0 saturated heterocycles. The van der Waals surface area contributed by atoms with Crippen molar-refractivity contribution in [2.24, 2.45) is 0 Å². The molecule has 176 valence electrons. The molecule has 0 aliphatic heterocycles. The summed E-state index contributed by atoms with van der Waals surface area (Å²) < 4.78 is 4.81. The number of nitrogens with zero attached hydrogens (tertiary/aromatic N) is 3. The molecule has 3 heterocycles. The number of aromatic nitrogens is 3. The molecule has 0 saturated carbocycles. The second-order valence-electron chi connectivity index (χ2n) is 9.85. The largest absolute Gasteiger partial charge is 0.308 e. The van der Waals surface area contributed by atoms with Crippen molar-refractivity contribution >= 4 is 85.8 Å². The SMILES string of the molecule is c1ccc2c(c1)c1ccccc1c1cc(-n3c4ccccc4c4ccc5c6ncncc6sc5c43)ccc21. The first-order chi connectivity index (χ1) is 18.9. The van der Waals surface area contributed by atoms with E-state index in [9.17, 15) is 0 Å². The molecule has 0 aliphatic rings. The fraction of sp³-hybridized carbons (Fsp3) is 0. The van der Waals surface area contributed by atoms with Crippen LogP contribution >= 0.6 is 11.3 Å². The highest BCUT2D eigenvalue weighted by atomic mass is 32.1. The molecule has 38 heavy (non-hydrogen) atoms. The zero-order valence-corrected chi connectivity index (χ0v) is 21.0. The predicted molar refractivity (Wildman–Crippen MR) is 162 cm³/mol. The first-order valence-electron chi connectivity index (χ1n) is 12.7. The van der Waals surface area contributed by atoms with E-state index in [-0.39, 0.29) is 0 Å². The van der Waals surface area contributed by atoms with Gasteiger partial charge in [0, 0.05) is 28.0 Å². The standard InChI is InChI=1S/C34H19N3S/c1-2-9-23-21(7-1)22-8-3-4-10-24(22)29-17-20(13-14-25(23)29)37-30-12-6-5-11-26(30)27-15-16-28-32-31(18-35-19-36-32)38-34(28)33(27)37/h1-19H. The van der Waals surface area contributed by atoms with E-state index in [0.29, 0.717) is 0 Å². The van der Waals surface area contributed by atoms with Crippen LogP contribution in [-0.2, 0) is 0 Å². The predicted octanol–water partition coefficient (Wildman–Crippen LogP) is 9.40. The smallest absolute Gasteiger partial charge is 0.116 e. The summed E-state index contributed by atoms with van der Waals surface area (Å²) >= 11 is 1.78. The van der Waals surface area contributed by atoms with Crippen LogP contribution in [0.5, 0.6) is 0 Å². The van der Waals surface area contributed by atoms with Crippen molar-refractivity contribution < 1.29 is 0 Å². The summed E-state index contributed by atoms with van der Waals surface area (Å²) in [5, 5.41) is 11.4. The van der Waals surface area contributed by atoms with E-state index in [4.69, 9.17) is 0 Å². The van der Waals surface area contributed by atoms with Gasteiger partial charge < -0.3 is 4.57 Å². The van der Waals surface area contributed by atoms with E-state index in [2.05, 4.69) is 118 Å². The second kappa shape index (κ2) is 7.37. The van der Waals surface area contributed by atoms with Crippen LogP contribution in [0.25, 0.3) is 80.1 Å². The fourth-order valence-corrected chi connectivity index (χ4v) is 7.49. The van der Waals surface area contributed by atoms with Crippen molar-refractivity contribution in [3.63, 3.8) is 0 Å². The normalized spacial score (nSPS) is 12.2. The molecule has 6 aromatic carbocycles. The molecule has 4 heteroatoms. The Morgan fingerprint density at radius 1 is 0.553 bits per heavy atom. The van der Waals surface area contributed by atoms with Gasteiger partial charge >= 0.3 is 0 Å². The summed E-state index contributed by atoms with van der Waals surface area (Å²) in [6, 6.07) is 37.7. The molecule has 0 amide bonds. The number of hydrogen-bond acceptors (Lipinski definition) is 3. The molecule has 0 spiro atoms. The highest BCUT2D eigenvalue weighted by Gasteiger charge is 2.19. The summed E-state index contributed by atoms with van der Waals surface area (Å²) in [5.41, 5.74) is 4.63. The van der Waals surface area contributed by atoms with Gasteiger partial charge in [-0.3, -0.25) is 0 Å². The van der Waals surface area contributed by atoms with Crippen LogP contribution < -0.4 is 0 Å². The molecule has 0 radical (unpaired) electrons. The van der Waals surface area contributed by atoms with E-state index in [0.717, 1.165) is 10.2 Å². The average molecular weight is 502 g/mol. The van der Waals surface area contributed by atoms with Gasteiger partial charge in [0.15, 0.2) is 0 Å². The molecule has 0 N–H and O–H groups in total. The maximum absolute atomic E-state index is 4.63. The zero-order valence-electron chi connectivity index (χ0n) is 20.2. The van der Waals surface area contributed by atoms with Crippen molar-refractivity contribution in [3.05, 3.63) is 116 Å². The second-order valence-corrected chi connectivity index (χ2v) is 10.9. The van der Waals surface area contributed by atoms with E-state index in [1.54, 1.807) is 17.7 Å². The molecular weight excluding hydrogens is 482 g/mol.